The minimum Gasteiger partial charge on any atom is -0.465 e. The fraction of sp³-hybridized carbons (Fsp3) is 0.350. The van der Waals surface area contributed by atoms with Crippen molar-refractivity contribution in [3.63, 3.8) is 0 Å². The van der Waals surface area contributed by atoms with Crippen LogP contribution in [0.3, 0.4) is 0 Å². The number of pyridine rings is 1. The molecule has 148 valence electrons. The molecule has 0 saturated heterocycles. The summed E-state index contributed by atoms with van der Waals surface area (Å²) in [7, 11) is 0. The Morgan fingerprint density at radius 3 is 2.89 bits per heavy atom. The van der Waals surface area contributed by atoms with E-state index in [4.69, 9.17) is 32.9 Å². The summed E-state index contributed by atoms with van der Waals surface area (Å²) in [5.74, 6) is 0.437. The van der Waals surface area contributed by atoms with Crippen LogP contribution < -0.4 is 0 Å². The van der Waals surface area contributed by atoms with Crippen molar-refractivity contribution in [3.8, 4) is 0 Å². The number of benzene rings is 1. The molecule has 0 fully saturated rings. The van der Waals surface area contributed by atoms with Gasteiger partial charge in [-0.05, 0) is 43.2 Å². The number of ether oxygens (including phenoxy) is 1. The van der Waals surface area contributed by atoms with E-state index in [-0.39, 0.29) is 18.6 Å². The van der Waals surface area contributed by atoms with Crippen molar-refractivity contribution in [2.45, 2.75) is 25.1 Å². The number of rotatable bonds is 7. The predicted molar refractivity (Wildman–Crippen MR) is 115 cm³/mol. The number of aromatic nitrogens is 1. The third-order valence-corrected chi connectivity index (χ3v) is 5.81. The molecule has 3 rings (SSSR count). The molecule has 0 radical (unpaired) electrons. The van der Waals surface area contributed by atoms with Gasteiger partial charge in [0, 0.05) is 28.5 Å². The summed E-state index contributed by atoms with van der Waals surface area (Å²) in [6.07, 6.45) is 2.46. The zero-order chi connectivity index (χ0) is 19.9. The minimum absolute atomic E-state index is 0.0133. The first-order chi connectivity index (χ1) is 13.5. The first-order valence-corrected chi connectivity index (χ1v) is 10.7. The predicted octanol–water partition coefficient (Wildman–Crippen LogP) is 4.47. The Hall–Kier alpha value is -1.76. The normalized spacial score (nSPS) is 16.2. The monoisotopic (exact) mass is 437 g/mol. The van der Waals surface area contributed by atoms with Crippen LogP contribution in [-0.4, -0.2) is 46.8 Å². The SMILES string of the molecule is CCOC(=O)CN1CC(Cc2ccc(Cl)cc2Cl)N=C1SCc1ccccn1. The van der Waals surface area contributed by atoms with Gasteiger partial charge in [-0.25, -0.2) is 0 Å². The molecule has 1 aliphatic rings. The number of halogens is 2. The highest BCUT2D eigenvalue weighted by Crippen LogP contribution is 2.27. The first-order valence-electron chi connectivity index (χ1n) is 9.00. The molecule has 1 aromatic carbocycles. The summed E-state index contributed by atoms with van der Waals surface area (Å²) in [5.41, 5.74) is 1.96. The van der Waals surface area contributed by atoms with Gasteiger partial charge in [0.15, 0.2) is 5.17 Å². The maximum atomic E-state index is 12.0. The van der Waals surface area contributed by atoms with Crippen molar-refractivity contribution in [1.82, 2.24) is 9.88 Å². The van der Waals surface area contributed by atoms with Crippen LogP contribution in [0.2, 0.25) is 10.0 Å². The number of hydrogen-bond acceptors (Lipinski definition) is 6. The lowest BCUT2D eigenvalue weighted by Gasteiger charge is -2.19. The molecule has 0 saturated carbocycles. The van der Waals surface area contributed by atoms with Crippen molar-refractivity contribution in [2.24, 2.45) is 4.99 Å². The summed E-state index contributed by atoms with van der Waals surface area (Å²) >= 11 is 13.9. The van der Waals surface area contributed by atoms with E-state index in [0.717, 1.165) is 16.4 Å². The zero-order valence-corrected chi connectivity index (χ0v) is 17.8. The van der Waals surface area contributed by atoms with E-state index in [1.165, 1.54) is 0 Å². The van der Waals surface area contributed by atoms with Crippen molar-refractivity contribution in [1.29, 1.82) is 0 Å². The van der Waals surface area contributed by atoms with Gasteiger partial charge in [-0.1, -0.05) is 47.1 Å². The molecule has 2 aromatic rings. The maximum absolute atomic E-state index is 12.0. The summed E-state index contributed by atoms with van der Waals surface area (Å²) < 4.78 is 5.11. The molecule has 1 aromatic heterocycles. The van der Waals surface area contributed by atoms with Crippen molar-refractivity contribution in [2.75, 3.05) is 19.7 Å². The summed E-state index contributed by atoms with van der Waals surface area (Å²) in [4.78, 5) is 23.2. The van der Waals surface area contributed by atoms with Crippen LogP contribution in [0.4, 0.5) is 0 Å². The van der Waals surface area contributed by atoms with Crippen LogP contribution in [-0.2, 0) is 21.7 Å². The Bertz CT molecular complexity index is 849. The number of amidine groups is 1. The van der Waals surface area contributed by atoms with E-state index in [1.807, 2.05) is 35.2 Å². The number of nitrogens with zero attached hydrogens (tertiary/aromatic N) is 3. The second-order valence-electron chi connectivity index (χ2n) is 6.30. The molecule has 0 aliphatic carbocycles. The van der Waals surface area contributed by atoms with E-state index in [0.29, 0.717) is 35.4 Å². The third kappa shape index (κ3) is 5.87. The lowest BCUT2D eigenvalue weighted by molar-refractivity contribution is -0.143. The van der Waals surface area contributed by atoms with Crippen molar-refractivity contribution in [3.05, 3.63) is 63.9 Å². The standard InChI is InChI=1S/C20H21Cl2N3O2S/c1-2-27-19(26)12-25-11-17(9-14-6-7-15(21)10-18(14)22)24-20(25)28-13-16-5-3-4-8-23-16/h3-8,10,17H,2,9,11-13H2,1H3. The van der Waals surface area contributed by atoms with E-state index >= 15 is 0 Å². The van der Waals surface area contributed by atoms with Crippen LogP contribution in [0.25, 0.3) is 0 Å². The van der Waals surface area contributed by atoms with Gasteiger partial charge >= 0.3 is 5.97 Å². The Balaban J connectivity index is 1.70. The topological polar surface area (TPSA) is 54.8 Å². The number of esters is 1. The third-order valence-electron chi connectivity index (χ3n) is 4.17. The minimum atomic E-state index is -0.251. The number of hydrogen-bond donors (Lipinski definition) is 0. The van der Waals surface area contributed by atoms with Crippen LogP contribution in [0.15, 0.2) is 47.6 Å². The molecule has 1 aliphatic heterocycles. The molecular weight excluding hydrogens is 417 g/mol. The largest absolute Gasteiger partial charge is 0.465 e. The molecule has 28 heavy (non-hydrogen) atoms. The molecule has 1 atom stereocenters. The van der Waals surface area contributed by atoms with Gasteiger partial charge in [-0.2, -0.15) is 0 Å². The Morgan fingerprint density at radius 2 is 2.18 bits per heavy atom. The van der Waals surface area contributed by atoms with Crippen molar-refractivity contribution < 1.29 is 9.53 Å². The second kappa shape index (κ2) is 10.1. The van der Waals surface area contributed by atoms with Gasteiger partial charge in [0.25, 0.3) is 0 Å². The lowest BCUT2D eigenvalue weighted by Crippen LogP contribution is -2.34. The van der Waals surface area contributed by atoms with Crippen LogP contribution in [0, 0.1) is 0 Å². The molecule has 0 bridgehead atoms. The average Bonchev–Trinajstić information content (AvgIpc) is 3.04. The number of thioether (sulfide) groups is 1. The highest BCUT2D eigenvalue weighted by Gasteiger charge is 2.28. The highest BCUT2D eigenvalue weighted by atomic mass is 35.5. The van der Waals surface area contributed by atoms with E-state index in [1.54, 1.807) is 30.9 Å². The van der Waals surface area contributed by atoms with Gasteiger partial charge in [0.2, 0.25) is 0 Å². The molecule has 8 heteroatoms. The molecule has 5 nitrogen and oxygen atoms in total. The van der Waals surface area contributed by atoms with Gasteiger partial charge < -0.3 is 9.64 Å². The molecule has 0 amide bonds. The average molecular weight is 438 g/mol. The summed E-state index contributed by atoms with van der Waals surface area (Å²) in [6.45, 7) is 3.00. The van der Waals surface area contributed by atoms with E-state index in [9.17, 15) is 4.79 Å². The van der Waals surface area contributed by atoms with Crippen LogP contribution in [0.1, 0.15) is 18.2 Å². The quantitative estimate of drug-likeness (QED) is 0.598. The molecule has 1 unspecified atom stereocenters. The van der Waals surface area contributed by atoms with Crippen LogP contribution in [0.5, 0.6) is 0 Å². The van der Waals surface area contributed by atoms with Gasteiger partial charge in [0.05, 0.1) is 18.3 Å². The van der Waals surface area contributed by atoms with Gasteiger partial charge in [0.1, 0.15) is 6.54 Å². The lowest BCUT2D eigenvalue weighted by atomic mass is 10.1. The summed E-state index contributed by atoms with van der Waals surface area (Å²) in [5, 5.41) is 2.07. The number of carbonyl (C=O) groups excluding carboxylic acids is 1. The molecule has 0 N–H and O–H groups in total. The fourth-order valence-corrected chi connectivity index (χ4v) is 4.39. The molecule has 0 spiro atoms. The van der Waals surface area contributed by atoms with E-state index < -0.39 is 0 Å². The second-order valence-corrected chi connectivity index (χ2v) is 8.09. The first kappa shape index (κ1) is 21.0. The van der Waals surface area contributed by atoms with Crippen LogP contribution >= 0.6 is 35.0 Å². The molecule has 2 heterocycles. The van der Waals surface area contributed by atoms with Crippen molar-refractivity contribution >= 4 is 46.1 Å². The van der Waals surface area contributed by atoms with Gasteiger partial charge in [-0.3, -0.25) is 14.8 Å². The Morgan fingerprint density at radius 1 is 1.32 bits per heavy atom. The van der Waals surface area contributed by atoms with E-state index in [2.05, 4.69) is 4.98 Å². The summed E-state index contributed by atoms with van der Waals surface area (Å²) in [6, 6.07) is 11.3. The fourth-order valence-electron chi connectivity index (χ4n) is 2.91. The number of aliphatic imine (C=N–C) groups is 1. The zero-order valence-electron chi connectivity index (χ0n) is 15.5. The Kier molecular flexibility index (Phi) is 7.59. The smallest absolute Gasteiger partial charge is 0.325 e. The van der Waals surface area contributed by atoms with Gasteiger partial charge in [-0.15, -0.1) is 0 Å². The number of carbonyl (C=O) groups is 1. The highest BCUT2D eigenvalue weighted by molar-refractivity contribution is 8.13. The maximum Gasteiger partial charge on any atom is 0.325 e. The molecular formula is C20H21Cl2N3O2S. The Labute approximate surface area is 179 Å².